The second-order valence-corrected chi connectivity index (χ2v) is 12.2. The van der Waals surface area contributed by atoms with Crippen molar-refractivity contribution in [2.75, 3.05) is 6.54 Å². The van der Waals surface area contributed by atoms with Crippen LogP contribution in [0.4, 0.5) is 4.39 Å². The van der Waals surface area contributed by atoms with Crippen LogP contribution in [-0.2, 0) is 4.79 Å². The van der Waals surface area contributed by atoms with Gasteiger partial charge in [-0.05, 0) is 23.3 Å². The van der Waals surface area contributed by atoms with Gasteiger partial charge >= 0.3 is 0 Å². The van der Waals surface area contributed by atoms with Crippen molar-refractivity contribution in [3.63, 3.8) is 0 Å². The Morgan fingerprint density at radius 1 is 0.900 bits per heavy atom. The summed E-state index contributed by atoms with van der Waals surface area (Å²) in [6, 6.07) is 24.5. The molecule has 2 atom stereocenters. The Kier molecular flexibility index (Phi) is 6.57. The van der Waals surface area contributed by atoms with E-state index in [0.29, 0.717) is 5.56 Å². The van der Waals surface area contributed by atoms with E-state index in [2.05, 4.69) is 0 Å². The molecule has 6 heteroatoms. The van der Waals surface area contributed by atoms with Gasteiger partial charge in [-0.1, -0.05) is 91.1 Å². The highest BCUT2D eigenvalue weighted by atomic mass is 28.3. The molecule has 0 heterocycles. The lowest BCUT2D eigenvalue weighted by Crippen LogP contribution is -2.53. The number of hydrogen-bond acceptors (Lipinski definition) is 3. The van der Waals surface area contributed by atoms with E-state index < -0.39 is 37.2 Å². The lowest BCUT2D eigenvalue weighted by atomic mass is 9.82. The molecule has 0 aromatic heterocycles. The maximum Gasteiger partial charge on any atom is 0.211 e. The van der Waals surface area contributed by atoms with Gasteiger partial charge < -0.3 is 4.79 Å². The van der Waals surface area contributed by atoms with Crippen molar-refractivity contribution in [1.29, 1.82) is 0 Å². The van der Waals surface area contributed by atoms with E-state index in [9.17, 15) is 19.3 Å². The van der Waals surface area contributed by atoms with Gasteiger partial charge in [-0.15, -0.1) is 0 Å². The van der Waals surface area contributed by atoms with Crippen LogP contribution in [0, 0.1) is 15.9 Å². The van der Waals surface area contributed by atoms with Gasteiger partial charge in [0.15, 0.2) is 8.07 Å². The largest absolute Gasteiger partial charge is 0.304 e. The zero-order valence-electron chi connectivity index (χ0n) is 17.0. The number of hydrogen-bond donors (Lipinski definition) is 0. The smallest absolute Gasteiger partial charge is 0.211 e. The highest BCUT2D eigenvalue weighted by Gasteiger charge is 2.43. The zero-order valence-corrected chi connectivity index (χ0v) is 18.0. The summed E-state index contributed by atoms with van der Waals surface area (Å²) in [5, 5.41) is 12.6. The first-order chi connectivity index (χ1) is 14.3. The minimum atomic E-state index is -2.62. The van der Waals surface area contributed by atoms with Crippen molar-refractivity contribution >= 4 is 18.7 Å². The molecule has 0 spiro atoms. The Morgan fingerprint density at radius 2 is 1.43 bits per heavy atom. The fraction of sp³-hybridized carbons (Fsp3) is 0.208. The van der Waals surface area contributed by atoms with Crippen molar-refractivity contribution in [2.45, 2.75) is 24.9 Å². The molecule has 0 radical (unpaired) electrons. The fourth-order valence-corrected chi connectivity index (χ4v) is 6.34. The topological polar surface area (TPSA) is 60.2 Å². The van der Waals surface area contributed by atoms with Gasteiger partial charge in [0.25, 0.3) is 0 Å². The monoisotopic (exact) mass is 421 g/mol. The standard InChI is InChI=1S/C24H24FNO3Si/c1-30(2,21-11-7-4-8-12-21)24(27)23(19-9-5-3-6-10-19)22(17-26(28)29)18-13-15-20(25)16-14-18/h3-16,22-23H,17H2,1-2H3/t22-,23+/m0/s1. The minimum absolute atomic E-state index is 0.0241. The predicted octanol–water partition coefficient (Wildman–Crippen LogP) is 4.69. The Morgan fingerprint density at radius 3 is 1.97 bits per heavy atom. The summed E-state index contributed by atoms with van der Waals surface area (Å²) < 4.78 is 13.5. The average molecular weight is 422 g/mol. The zero-order chi connectivity index (χ0) is 21.7. The number of halogens is 1. The maximum absolute atomic E-state index is 14.0. The molecule has 3 aromatic carbocycles. The van der Waals surface area contributed by atoms with Crippen LogP contribution in [0.15, 0.2) is 84.9 Å². The first-order valence-corrected chi connectivity index (χ1v) is 12.8. The molecule has 0 saturated carbocycles. The van der Waals surface area contributed by atoms with Crippen LogP contribution in [0.2, 0.25) is 13.1 Å². The molecule has 0 fully saturated rings. The summed E-state index contributed by atoms with van der Waals surface area (Å²) in [6.45, 7) is 3.55. The number of carbonyl (C=O) groups excluding carboxylic acids is 1. The summed E-state index contributed by atoms with van der Waals surface area (Å²) in [5.41, 5.74) is 1.34. The molecule has 0 unspecified atom stereocenters. The second kappa shape index (κ2) is 9.13. The number of benzene rings is 3. The van der Waals surface area contributed by atoms with Crippen molar-refractivity contribution in [1.82, 2.24) is 0 Å². The second-order valence-electron chi connectivity index (χ2n) is 7.92. The van der Waals surface area contributed by atoms with E-state index in [1.807, 2.05) is 73.8 Å². The number of nitro groups is 1. The third-order valence-electron chi connectivity index (χ3n) is 5.60. The quantitative estimate of drug-likeness (QED) is 0.301. The van der Waals surface area contributed by atoms with Crippen LogP contribution in [0.5, 0.6) is 0 Å². The normalized spacial score (nSPS) is 13.4. The Hall–Kier alpha value is -3.12. The SMILES string of the molecule is C[Si](C)(C(=O)[C@H](c1ccccc1)[C@@H](C[N+](=O)[O-])c1ccc(F)cc1)c1ccccc1. The Bertz CT molecular complexity index is 1010. The molecule has 0 aliphatic heterocycles. The number of nitrogens with zero attached hydrogens (tertiary/aromatic N) is 1. The van der Waals surface area contributed by atoms with Crippen molar-refractivity contribution in [3.05, 3.63) is 112 Å². The van der Waals surface area contributed by atoms with Gasteiger partial charge in [0, 0.05) is 4.92 Å². The van der Waals surface area contributed by atoms with Gasteiger partial charge in [0.2, 0.25) is 6.54 Å². The summed E-state index contributed by atoms with van der Waals surface area (Å²) >= 11 is 0. The first-order valence-electron chi connectivity index (χ1n) is 9.82. The molecular formula is C24H24FNO3Si. The molecule has 0 amide bonds. The van der Waals surface area contributed by atoms with E-state index in [-0.39, 0.29) is 5.41 Å². The summed E-state index contributed by atoms with van der Waals surface area (Å²) in [5.74, 6) is -1.80. The molecule has 154 valence electrons. The molecule has 0 N–H and O–H groups in total. The first kappa shape index (κ1) is 21.6. The molecule has 4 nitrogen and oxygen atoms in total. The predicted molar refractivity (Wildman–Crippen MR) is 119 cm³/mol. The van der Waals surface area contributed by atoms with Gasteiger partial charge in [-0.25, -0.2) is 4.39 Å². The number of rotatable bonds is 8. The van der Waals surface area contributed by atoms with Gasteiger partial charge in [0.05, 0.1) is 11.8 Å². The van der Waals surface area contributed by atoms with Gasteiger partial charge in [-0.2, -0.15) is 0 Å². The van der Waals surface area contributed by atoms with Crippen molar-refractivity contribution in [2.24, 2.45) is 0 Å². The molecular weight excluding hydrogens is 397 g/mol. The van der Waals surface area contributed by atoms with Crippen LogP contribution in [0.3, 0.4) is 0 Å². The van der Waals surface area contributed by atoms with Crippen LogP contribution in [0.1, 0.15) is 23.0 Å². The van der Waals surface area contributed by atoms with E-state index in [1.165, 1.54) is 12.1 Å². The van der Waals surface area contributed by atoms with Crippen molar-refractivity contribution < 1.29 is 14.1 Å². The Labute approximate surface area is 176 Å². The third kappa shape index (κ3) is 4.71. The molecule has 3 rings (SSSR count). The lowest BCUT2D eigenvalue weighted by Gasteiger charge is -2.31. The molecule has 0 aliphatic rings. The van der Waals surface area contributed by atoms with Gasteiger partial charge in [0.1, 0.15) is 11.2 Å². The van der Waals surface area contributed by atoms with Crippen LogP contribution in [-0.4, -0.2) is 24.9 Å². The molecule has 0 aliphatic carbocycles. The molecule has 0 bridgehead atoms. The molecule has 30 heavy (non-hydrogen) atoms. The number of carbonyl (C=O) groups is 1. The summed E-state index contributed by atoms with van der Waals surface area (Å²) in [4.78, 5) is 25.2. The lowest BCUT2D eigenvalue weighted by molar-refractivity contribution is -0.483. The van der Waals surface area contributed by atoms with Gasteiger partial charge in [-0.3, -0.25) is 10.1 Å². The highest BCUT2D eigenvalue weighted by Crippen LogP contribution is 2.36. The third-order valence-corrected chi connectivity index (χ3v) is 8.92. The van der Waals surface area contributed by atoms with Crippen molar-refractivity contribution in [3.8, 4) is 0 Å². The van der Waals surface area contributed by atoms with E-state index in [0.717, 1.165) is 10.8 Å². The maximum atomic E-state index is 14.0. The van der Waals surface area contributed by atoms with E-state index in [4.69, 9.17) is 0 Å². The highest BCUT2D eigenvalue weighted by molar-refractivity contribution is 7.13. The Balaban J connectivity index is 2.14. The van der Waals surface area contributed by atoms with E-state index >= 15 is 0 Å². The van der Waals surface area contributed by atoms with Crippen LogP contribution < -0.4 is 5.19 Å². The molecule has 0 saturated heterocycles. The van der Waals surface area contributed by atoms with Crippen LogP contribution >= 0.6 is 0 Å². The van der Waals surface area contributed by atoms with E-state index in [1.54, 1.807) is 12.1 Å². The molecule has 3 aromatic rings. The average Bonchev–Trinajstić information content (AvgIpc) is 2.75. The fourth-order valence-electron chi connectivity index (χ4n) is 3.89. The van der Waals surface area contributed by atoms with Crippen LogP contribution in [0.25, 0.3) is 0 Å². The summed E-state index contributed by atoms with van der Waals surface area (Å²) in [7, 11) is -2.62. The summed E-state index contributed by atoms with van der Waals surface area (Å²) in [6.07, 6.45) is 0. The minimum Gasteiger partial charge on any atom is -0.304 e.